The van der Waals surface area contributed by atoms with Gasteiger partial charge in [0.25, 0.3) is 12.4 Å². The molecule has 2 atom stereocenters. The van der Waals surface area contributed by atoms with Crippen LogP contribution in [0, 0.1) is 0 Å². The van der Waals surface area contributed by atoms with Crippen molar-refractivity contribution < 1.29 is 14.4 Å². The number of thiazole rings is 2. The molecule has 0 bridgehead atoms. The first kappa shape index (κ1) is 20.9. The lowest BCUT2D eigenvalue weighted by Crippen LogP contribution is -2.23. The van der Waals surface area contributed by atoms with Gasteiger partial charge in [-0.05, 0) is 36.4 Å². The van der Waals surface area contributed by atoms with Crippen LogP contribution in [0.15, 0.2) is 45.3 Å². The standard InChI is InChI=1S/C19H10Br2N6OS2/c20-9-1-3-13-15(5-9)29-18(26-13)11(7-24-22)17(28)12(8-25-23)19-27-14-4-2-10(21)6-16(14)30-19/h1-8,11-12H. The van der Waals surface area contributed by atoms with Crippen molar-refractivity contribution in [2.24, 2.45) is 0 Å². The average molecular weight is 562 g/mol. The van der Waals surface area contributed by atoms with E-state index in [1.807, 2.05) is 36.4 Å². The molecule has 0 radical (unpaired) electrons. The van der Waals surface area contributed by atoms with E-state index in [1.165, 1.54) is 22.7 Å². The second-order valence-corrected chi connectivity index (χ2v) is 10.2. The molecule has 148 valence electrons. The second-order valence-electron chi connectivity index (χ2n) is 6.22. The zero-order valence-corrected chi connectivity index (χ0v) is 19.7. The van der Waals surface area contributed by atoms with Crippen molar-refractivity contribution in [1.82, 2.24) is 9.97 Å². The lowest BCUT2D eigenvalue weighted by molar-refractivity contribution is -0.120. The van der Waals surface area contributed by atoms with Gasteiger partial charge in [-0.3, -0.25) is 4.79 Å². The van der Waals surface area contributed by atoms with Gasteiger partial charge in [0.1, 0.15) is 10.0 Å². The van der Waals surface area contributed by atoms with E-state index >= 15 is 0 Å². The number of fused-ring (bicyclic) bond motifs is 2. The first-order chi connectivity index (χ1) is 14.5. The molecule has 4 rings (SSSR count). The van der Waals surface area contributed by atoms with Crippen LogP contribution in [-0.2, 0) is 4.79 Å². The first-order valence-corrected chi connectivity index (χ1v) is 11.7. The summed E-state index contributed by atoms with van der Waals surface area (Å²) in [6.07, 6.45) is 2.27. The van der Waals surface area contributed by atoms with Crippen LogP contribution in [0.5, 0.6) is 0 Å². The molecular formula is C19H10Br2N6OS2. The Bertz CT molecular complexity index is 1280. The highest BCUT2D eigenvalue weighted by molar-refractivity contribution is 9.10. The maximum absolute atomic E-state index is 13.4. The molecule has 0 spiro atoms. The molecule has 30 heavy (non-hydrogen) atoms. The second kappa shape index (κ2) is 8.77. The Labute approximate surface area is 194 Å². The van der Waals surface area contributed by atoms with E-state index < -0.39 is 11.8 Å². The zero-order chi connectivity index (χ0) is 21.3. The highest BCUT2D eigenvalue weighted by Gasteiger charge is 2.36. The van der Waals surface area contributed by atoms with E-state index in [2.05, 4.69) is 51.4 Å². The number of aromatic nitrogens is 2. The van der Waals surface area contributed by atoms with Crippen molar-refractivity contribution in [1.29, 1.82) is 0 Å². The van der Waals surface area contributed by atoms with E-state index in [4.69, 9.17) is 0 Å². The van der Waals surface area contributed by atoms with E-state index in [0.717, 1.165) is 41.8 Å². The topological polar surface area (TPSA) is 116 Å². The minimum atomic E-state index is -0.923. The quantitative estimate of drug-likeness (QED) is 0.176. The van der Waals surface area contributed by atoms with Gasteiger partial charge >= 0.3 is 0 Å². The summed E-state index contributed by atoms with van der Waals surface area (Å²) in [6, 6.07) is 11.2. The molecule has 0 amide bonds. The molecule has 0 aliphatic rings. The van der Waals surface area contributed by atoms with Crippen LogP contribution in [0.25, 0.3) is 31.5 Å². The summed E-state index contributed by atoms with van der Waals surface area (Å²) in [6.45, 7) is 0. The van der Waals surface area contributed by atoms with Gasteiger partial charge in [0.15, 0.2) is 17.6 Å². The highest BCUT2D eigenvalue weighted by atomic mass is 79.9. The summed E-state index contributed by atoms with van der Waals surface area (Å²) in [5.74, 6) is -2.21. The summed E-state index contributed by atoms with van der Waals surface area (Å²) in [4.78, 5) is 28.7. The van der Waals surface area contributed by atoms with E-state index in [0.29, 0.717) is 10.0 Å². The normalized spacial score (nSPS) is 12.9. The van der Waals surface area contributed by atoms with Crippen molar-refractivity contribution in [2.75, 3.05) is 0 Å². The van der Waals surface area contributed by atoms with Crippen LogP contribution in [0.1, 0.15) is 21.9 Å². The number of nitrogens with zero attached hydrogens (tertiary/aromatic N) is 6. The molecule has 7 nitrogen and oxygen atoms in total. The lowest BCUT2D eigenvalue weighted by Gasteiger charge is -2.07. The number of benzene rings is 2. The number of hydrogen-bond donors (Lipinski definition) is 0. The molecular weight excluding hydrogens is 552 g/mol. The SMILES string of the molecule is [N-]=[N+]=CC(C(=O)C(C=[N+]=[N-])c1nc2ccc(Br)cc2s1)c1nc2ccc(Br)cc2s1. The Morgan fingerprint density at radius 2 is 1.30 bits per heavy atom. The van der Waals surface area contributed by atoms with Crippen molar-refractivity contribution in [2.45, 2.75) is 11.8 Å². The first-order valence-electron chi connectivity index (χ1n) is 8.51. The minimum Gasteiger partial charge on any atom is -0.362 e. The molecule has 0 aliphatic heterocycles. The lowest BCUT2D eigenvalue weighted by atomic mass is 9.95. The maximum Gasteiger partial charge on any atom is 0.274 e. The Hall–Kier alpha value is -2.39. The Kier molecular flexibility index (Phi) is 6.10. The third-order valence-corrected chi connectivity index (χ3v) is 7.50. The van der Waals surface area contributed by atoms with Crippen LogP contribution in [-0.4, -0.2) is 37.8 Å². The van der Waals surface area contributed by atoms with Crippen LogP contribution >= 0.6 is 54.5 Å². The van der Waals surface area contributed by atoms with Crippen LogP contribution in [0.4, 0.5) is 0 Å². The molecule has 2 unspecified atom stereocenters. The van der Waals surface area contributed by atoms with Gasteiger partial charge in [-0.1, -0.05) is 31.9 Å². The number of carbonyl (C=O) groups is 1. The van der Waals surface area contributed by atoms with E-state index in [-0.39, 0.29) is 5.78 Å². The van der Waals surface area contributed by atoms with Gasteiger partial charge < -0.3 is 11.1 Å². The average Bonchev–Trinajstić information content (AvgIpc) is 3.32. The van der Waals surface area contributed by atoms with E-state index in [1.54, 1.807) is 0 Å². The number of halogens is 2. The number of Topliss-reactive ketones (excluding diaryl/α,β-unsaturated/α-hetero) is 1. The van der Waals surface area contributed by atoms with E-state index in [9.17, 15) is 15.9 Å². The summed E-state index contributed by atoms with van der Waals surface area (Å²) in [5, 5.41) is 0.956. The number of ketones is 1. The van der Waals surface area contributed by atoms with Crippen molar-refractivity contribution in [3.05, 3.63) is 66.4 Å². The van der Waals surface area contributed by atoms with Gasteiger partial charge in [-0.25, -0.2) is 9.97 Å². The third-order valence-electron chi connectivity index (χ3n) is 4.31. The molecule has 0 saturated carbocycles. The maximum atomic E-state index is 13.4. The largest absolute Gasteiger partial charge is 0.362 e. The molecule has 11 heteroatoms. The van der Waals surface area contributed by atoms with Crippen LogP contribution in [0.2, 0.25) is 0 Å². The summed E-state index contributed by atoms with van der Waals surface area (Å²) < 4.78 is 3.58. The Balaban J connectivity index is 1.78. The fourth-order valence-corrected chi connectivity index (χ4v) is 6.12. The van der Waals surface area contributed by atoms with Crippen LogP contribution < -0.4 is 0 Å². The van der Waals surface area contributed by atoms with Crippen molar-refractivity contribution in [3.8, 4) is 0 Å². The highest BCUT2D eigenvalue weighted by Crippen LogP contribution is 2.34. The molecule has 0 N–H and O–H groups in total. The van der Waals surface area contributed by atoms with Crippen molar-refractivity contribution >= 4 is 93.2 Å². The summed E-state index contributed by atoms with van der Waals surface area (Å²) in [7, 11) is 0. The fourth-order valence-electron chi connectivity index (χ4n) is 2.94. The minimum absolute atomic E-state index is 0.359. The molecule has 4 aromatic rings. The predicted octanol–water partition coefficient (Wildman–Crippen LogP) is 5.47. The van der Waals surface area contributed by atoms with Gasteiger partial charge in [-0.2, -0.15) is 9.58 Å². The molecule has 0 saturated heterocycles. The zero-order valence-electron chi connectivity index (χ0n) is 14.9. The molecule has 0 fully saturated rings. The smallest absolute Gasteiger partial charge is 0.274 e. The predicted molar refractivity (Wildman–Crippen MR) is 124 cm³/mol. The third kappa shape index (κ3) is 4.09. The molecule has 0 aliphatic carbocycles. The Morgan fingerprint density at radius 1 is 0.867 bits per heavy atom. The van der Waals surface area contributed by atoms with Gasteiger partial charge in [0.2, 0.25) is 0 Å². The summed E-state index contributed by atoms with van der Waals surface area (Å²) >= 11 is 9.51. The molecule has 2 heterocycles. The number of hydrogen-bond acceptors (Lipinski definition) is 5. The molecule has 2 aromatic carbocycles. The fraction of sp³-hybridized carbons (Fsp3) is 0.105. The number of carbonyl (C=O) groups excluding carboxylic acids is 1. The summed E-state index contributed by atoms with van der Waals surface area (Å²) in [5.41, 5.74) is 19.8. The van der Waals surface area contributed by atoms with Gasteiger partial charge in [0.05, 0.1) is 20.4 Å². The monoisotopic (exact) mass is 560 g/mol. The van der Waals surface area contributed by atoms with Crippen LogP contribution in [0.3, 0.4) is 0 Å². The Morgan fingerprint density at radius 3 is 1.70 bits per heavy atom. The molecule has 2 aromatic heterocycles. The van der Waals surface area contributed by atoms with Crippen molar-refractivity contribution in [3.63, 3.8) is 0 Å². The van der Waals surface area contributed by atoms with Gasteiger partial charge in [0, 0.05) is 8.95 Å². The number of rotatable bonds is 6. The van der Waals surface area contributed by atoms with Gasteiger partial charge in [-0.15, -0.1) is 22.7 Å².